The second-order valence-electron chi connectivity index (χ2n) is 5.86. The van der Waals surface area contributed by atoms with E-state index in [1.54, 1.807) is 12.1 Å². The van der Waals surface area contributed by atoms with E-state index in [0.717, 1.165) is 23.6 Å². The molecule has 0 amide bonds. The van der Waals surface area contributed by atoms with Crippen LogP contribution in [0.1, 0.15) is 16.7 Å². The van der Waals surface area contributed by atoms with Crippen molar-refractivity contribution in [2.24, 2.45) is 0 Å². The van der Waals surface area contributed by atoms with Crippen molar-refractivity contribution in [1.82, 2.24) is 0 Å². The molecule has 5 heteroatoms. The van der Waals surface area contributed by atoms with Crippen LogP contribution in [0.15, 0.2) is 59.5 Å². The number of anilines is 1. The molecule has 24 heavy (non-hydrogen) atoms. The predicted molar refractivity (Wildman–Crippen MR) is 93.3 cm³/mol. The quantitative estimate of drug-likeness (QED) is 0.795. The van der Waals surface area contributed by atoms with Crippen molar-refractivity contribution < 1.29 is 8.42 Å². The minimum Gasteiger partial charge on any atom is -0.279 e. The highest BCUT2D eigenvalue weighted by molar-refractivity contribution is 7.92. The third-order valence-corrected chi connectivity index (χ3v) is 5.76. The van der Waals surface area contributed by atoms with Crippen molar-refractivity contribution in [3.05, 3.63) is 71.3 Å². The molecular formula is C19H14N2O2S. The molecule has 0 fully saturated rings. The fourth-order valence-electron chi connectivity index (χ4n) is 3.27. The van der Waals surface area contributed by atoms with Gasteiger partial charge in [-0.2, -0.15) is 5.26 Å². The Hall–Kier alpha value is -2.84. The number of hydrogen-bond acceptors (Lipinski definition) is 3. The highest BCUT2D eigenvalue weighted by atomic mass is 32.2. The zero-order chi connectivity index (χ0) is 16.7. The van der Waals surface area contributed by atoms with E-state index in [0.29, 0.717) is 11.3 Å². The molecule has 4 nitrogen and oxygen atoms in total. The largest absolute Gasteiger partial charge is 0.279 e. The zero-order valence-electron chi connectivity index (χ0n) is 12.8. The van der Waals surface area contributed by atoms with Gasteiger partial charge in [-0.25, -0.2) is 8.42 Å². The molecule has 0 saturated carbocycles. The van der Waals surface area contributed by atoms with Crippen molar-refractivity contribution in [1.29, 1.82) is 5.26 Å². The van der Waals surface area contributed by atoms with Gasteiger partial charge in [0.15, 0.2) is 0 Å². The monoisotopic (exact) mass is 334 g/mol. The van der Waals surface area contributed by atoms with Gasteiger partial charge < -0.3 is 0 Å². The van der Waals surface area contributed by atoms with Crippen LogP contribution in [0, 0.1) is 11.3 Å². The molecule has 0 saturated heterocycles. The Balaban J connectivity index is 1.81. The molecule has 4 rings (SSSR count). The Kier molecular flexibility index (Phi) is 3.29. The Bertz CT molecular complexity index is 1100. The van der Waals surface area contributed by atoms with Crippen LogP contribution in [0.5, 0.6) is 0 Å². The highest BCUT2D eigenvalue weighted by Gasteiger charge is 2.19. The van der Waals surface area contributed by atoms with Crippen molar-refractivity contribution in [3.8, 4) is 6.07 Å². The minimum atomic E-state index is -3.74. The molecule has 0 heterocycles. The Morgan fingerprint density at radius 3 is 2.50 bits per heavy atom. The summed E-state index contributed by atoms with van der Waals surface area (Å²) in [4.78, 5) is 0.0878. The summed E-state index contributed by atoms with van der Waals surface area (Å²) in [7, 11) is -3.74. The van der Waals surface area contributed by atoms with Crippen LogP contribution in [0.3, 0.4) is 0 Å². The number of nitrogens with zero attached hydrogens (tertiary/aromatic N) is 1. The van der Waals surface area contributed by atoms with Crippen LogP contribution >= 0.6 is 0 Å². The van der Waals surface area contributed by atoms with E-state index in [1.165, 1.54) is 23.3 Å². The maximum Gasteiger partial charge on any atom is 0.261 e. The molecule has 0 radical (unpaired) electrons. The molecule has 0 bridgehead atoms. The zero-order valence-corrected chi connectivity index (χ0v) is 13.6. The lowest BCUT2D eigenvalue weighted by Gasteiger charge is -2.12. The minimum absolute atomic E-state index is 0.0878. The van der Waals surface area contributed by atoms with Gasteiger partial charge in [-0.05, 0) is 53.6 Å². The van der Waals surface area contributed by atoms with Crippen LogP contribution in [0.2, 0.25) is 0 Å². The SMILES string of the molecule is N#Cc1cccc(S(=O)(=O)Nc2ccc3c4c(cccc24)CC3)c1. The molecule has 118 valence electrons. The maximum atomic E-state index is 12.7. The molecule has 1 N–H and O–H groups in total. The number of nitriles is 1. The number of sulfonamides is 1. The first-order valence-electron chi connectivity index (χ1n) is 7.65. The molecule has 0 aliphatic heterocycles. The van der Waals surface area contributed by atoms with Gasteiger partial charge in [0.1, 0.15) is 0 Å². The summed E-state index contributed by atoms with van der Waals surface area (Å²) in [5.41, 5.74) is 3.41. The van der Waals surface area contributed by atoms with Crippen LogP contribution in [-0.2, 0) is 22.9 Å². The van der Waals surface area contributed by atoms with Crippen LogP contribution in [-0.4, -0.2) is 8.42 Å². The van der Waals surface area contributed by atoms with Gasteiger partial charge in [-0.3, -0.25) is 4.72 Å². The Morgan fingerprint density at radius 2 is 1.71 bits per heavy atom. The normalized spacial score (nSPS) is 13.0. The lowest BCUT2D eigenvalue weighted by molar-refractivity contribution is 0.601. The van der Waals surface area contributed by atoms with E-state index in [1.807, 2.05) is 30.3 Å². The summed E-state index contributed by atoms with van der Waals surface area (Å²) in [6, 6.07) is 17.8. The summed E-state index contributed by atoms with van der Waals surface area (Å²) in [6.45, 7) is 0. The number of aryl methyl sites for hydroxylation is 2. The van der Waals surface area contributed by atoms with Crippen LogP contribution in [0.25, 0.3) is 10.8 Å². The van der Waals surface area contributed by atoms with E-state index in [4.69, 9.17) is 5.26 Å². The summed E-state index contributed by atoms with van der Waals surface area (Å²) in [6.07, 6.45) is 1.99. The average molecular weight is 334 g/mol. The van der Waals surface area contributed by atoms with E-state index in [9.17, 15) is 8.42 Å². The molecule has 0 atom stereocenters. The van der Waals surface area contributed by atoms with Crippen LogP contribution in [0.4, 0.5) is 5.69 Å². The molecule has 0 unspecified atom stereocenters. The Labute approximate surface area is 140 Å². The smallest absolute Gasteiger partial charge is 0.261 e. The standard InChI is InChI=1S/C19H14N2O2S/c20-12-13-3-1-5-16(11-13)24(22,23)21-18-10-9-15-8-7-14-4-2-6-17(18)19(14)15/h1-6,9-11,21H,7-8H2. The topological polar surface area (TPSA) is 70.0 Å². The van der Waals surface area contributed by atoms with E-state index < -0.39 is 10.0 Å². The van der Waals surface area contributed by atoms with Gasteiger partial charge in [-0.15, -0.1) is 0 Å². The van der Waals surface area contributed by atoms with Gasteiger partial charge in [0.05, 0.1) is 22.2 Å². The first-order chi connectivity index (χ1) is 11.6. The van der Waals surface area contributed by atoms with Gasteiger partial charge in [0.2, 0.25) is 0 Å². The number of rotatable bonds is 3. The average Bonchev–Trinajstić information content (AvgIpc) is 3.02. The summed E-state index contributed by atoms with van der Waals surface area (Å²) < 4.78 is 28.0. The van der Waals surface area contributed by atoms with Gasteiger partial charge in [0, 0.05) is 5.39 Å². The third kappa shape index (κ3) is 2.32. The second kappa shape index (κ2) is 5.36. The van der Waals surface area contributed by atoms with Gasteiger partial charge >= 0.3 is 0 Å². The second-order valence-corrected chi connectivity index (χ2v) is 7.54. The lowest BCUT2D eigenvalue weighted by Crippen LogP contribution is -2.13. The Morgan fingerprint density at radius 1 is 0.958 bits per heavy atom. The fraction of sp³-hybridized carbons (Fsp3) is 0.105. The lowest BCUT2D eigenvalue weighted by atomic mass is 10.0. The van der Waals surface area contributed by atoms with Crippen molar-refractivity contribution in [2.45, 2.75) is 17.7 Å². The maximum absolute atomic E-state index is 12.7. The van der Waals surface area contributed by atoms with E-state index >= 15 is 0 Å². The molecule has 3 aromatic rings. The number of hydrogen-bond donors (Lipinski definition) is 1. The summed E-state index contributed by atoms with van der Waals surface area (Å²) in [5.74, 6) is 0. The molecule has 0 spiro atoms. The van der Waals surface area contributed by atoms with E-state index in [-0.39, 0.29) is 4.90 Å². The fourth-order valence-corrected chi connectivity index (χ4v) is 4.40. The predicted octanol–water partition coefficient (Wildman–Crippen LogP) is 3.61. The van der Waals surface area contributed by atoms with Crippen molar-refractivity contribution >= 4 is 26.5 Å². The molecule has 1 aliphatic rings. The first kappa shape index (κ1) is 14.7. The molecule has 1 aliphatic carbocycles. The number of nitrogens with one attached hydrogen (secondary N) is 1. The highest BCUT2D eigenvalue weighted by Crippen LogP contribution is 2.35. The molecule has 3 aromatic carbocycles. The summed E-state index contributed by atoms with van der Waals surface area (Å²) in [5, 5.41) is 11.0. The van der Waals surface area contributed by atoms with Gasteiger partial charge in [-0.1, -0.05) is 30.3 Å². The molecule has 0 aromatic heterocycles. The van der Waals surface area contributed by atoms with Crippen molar-refractivity contribution in [2.75, 3.05) is 4.72 Å². The van der Waals surface area contributed by atoms with E-state index in [2.05, 4.69) is 10.8 Å². The van der Waals surface area contributed by atoms with Crippen molar-refractivity contribution in [3.63, 3.8) is 0 Å². The summed E-state index contributed by atoms with van der Waals surface area (Å²) >= 11 is 0. The molecular weight excluding hydrogens is 320 g/mol. The van der Waals surface area contributed by atoms with Crippen LogP contribution < -0.4 is 4.72 Å². The third-order valence-electron chi connectivity index (χ3n) is 4.39. The number of benzene rings is 3. The van der Waals surface area contributed by atoms with Gasteiger partial charge in [0.25, 0.3) is 10.0 Å². The first-order valence-corrected chi connectivity index (χ1v) is 9.13.